The van der Waals surface area contributed by atoms with Crippen LogP contribution in [0.1, 0.15) is 0 Å². The van der Waals surface area contributed by atoms with Gasteiger partial charge in [0.05, 0.1) is 11.8 Å². The van der Waals surface area contributed by atoms with Crippen molar-refractivity contribution < 1.29 is 18.6 Å². The molecule has 0 saturated heterocycles. The van der Waals surface area contributed by atoms with Crippen molar-refractivity contribution in [2.24, 2.45) is 0 Å². The van der Waals surface area contributed by atoms with Crippen molar-refractivity contribution in [1.29, 1.82) is 0 Å². The molecule has 0 spiro atoms. The van der Waals surface area contributed by atoms with E-state index < -0.39 is 0 Å². The zero-order chi connectivity index (χ0) is 37.7. The van der Waals surface area contributed by atoms with Crippen LogP contribution in [0.3, 0.4) is 0 Å². The summed E-state index contributed by atoms with van der Waals surface area (Å²) >= 11 is 0. The van der Waals surface area contributed by atoms with Gasteiger partial charge in [-0.2, -0.15) is 0 Å². The third-order valence-corrected chi connectivity index (χ3v) is 9.65. The van der Waals surface area contributed by atoms with Crippen LogP contribution in [0.2, 0.25) is 0 Å². The van der Waals surface area contributed by atoms with Gasteiger partial charge in [0, 0.05) is 23.4 Å². The largest absolute Gasteiger partial charge is 0.495 e. The first-order valence-electron chi connectivity index (χ1n) is 18.6. The number of benzene rings is 7. The number of rotatable bonds is 10. The Bertz CT molecular complexity index is 2730. The Balaban J connectivity index is 1.20. The van der Waals surface area contributed by atoms with Gasteiger partial charge in [-0.1, -0.05) is 118 Å². The molecule has 0 saturated carbocycles. The Morgan fingerprint density at radius 1 is 0.429 bits per heavy atom. The molecule has 5 nitrogen and oxygen atoms in total. The van der Waals surface area contributed by atoms with Gasteiger partial charge in [-0.05, 0) is 106 Å². The quantitative estimate of drug-likeness (QED) is 0.132. The number of para-hydroxylation sites is 1. The van der Waals surface area contributed by atoms with E-state index in [-0.39, 0.29) is 0 Å². The average molecular weight is 724 g/mol. The van der Waals surface area contributed by atoms with Crippen molar-refractivity contribution in [2.75, 3.05) is 7.05 Å². The fourth-order valence-electron chi connectivity index (χ4n) is 7.02. The van der Waals surface area contributed by atoms with E-state index in [0.29, 0.717) is 5.75 Å². The van der Waals surface area contributed by atoms with Crippen LogP contribution in [0.4, 0.5) is 5.69 Å². The van der Waals surface area contributed by atoms with Crippen LogP contribution in [0.25, 0.3) is 55.8 Å². The number of nitrogens with zero attached hydrogens (tertiary/aromatic N) is 3. The van der Waals surface area contributed by atoms with Crippen LogP contribution in [-0.4, -0.2) is 27.2 Å². The van der Waals surface area contributed by atoms with Crippen molar-refractivity contribution in [3.63, 3.8) is 0 Å². The molecule has 0 bridgehead atoms. The first kappa shape index (κ1) is 34.2. The SMILES string of the molecule is C[N+]1=C=[N+](c2cccc(Oc3cccc(-c4nccc(-c5cccc(Oc6ccccc6)c5)c4-c4cc(-c5ccccc5)cc(-c5ccccc5)c4)c3)c2)C=C1. The second kappa shape index (κ2) is 15.4. The molecule has 0 unspecified atom stereocenters. The minimum absolute atomic E-state index is 0.709. The fraction of sp³-hybridized carbons (Fsp3) is 0.0196. The summed E-state index contributed by atoms with van der Waals surface area (Å²) in [6, 6.07) is 67.6. The van der Waals surface area contributed by atoms with Crippen molar-refractivity contribution in [3.8, 4) is 78.8 Å². The van der Waals surface area contributed by atoms with Crippen LogP contribution in [0, 0.1) is 0 Å². The molecule has 1 aromatic heterocycles. The highest BCUT2D eigenvalue weighted by Crippen LogP contribution is 2.43. The molecule has 56 heavy (non-hydrogen) atoms. The summed E-state index contributed by atoms with van der Waals surface area (Å²) in [6.45, 7) is 0. The van der Waals surface area contributed by atoms with Crippen LogP contribution < -0.4 is 9.47 Å². The molecule has 266 valence electrons. The number of pyridine rings is 1. The second-order valence-corrected chi connectivity index (χ2v) is 13.6. The van der Waals surface area contributed by atoms with E-state index in [2.05, 4.69) is 115 Å². The Morgan fingerprint density at radius 3 is 1.59 bits per heavy atom. The predicted octanol–water partition coefficient (Wildman–Crippen LogP) is 12.9. The topological polar surface area (TPSA) is 37.4 Å². The highest BCUT2D eigenvalue weighted by molar-refractivity contribution is 5.95. The fourth-order valence-corrected chi connectivity index (χ4v) is 7.02. The average Bonchev–Trinajstić information content (AvgIpc) is 3.70. The standard InChI is InChI=1S/C51H37N3O2/c1-53-28-29-54(36-53)44-20-13-25-48(35-44)56-47-24-12-19-40(34-47)51-50(49(26-27-52-51)39-18-11-23-46(33-39)55-45-21-9-4-10-22-45)43-31-41(37-14-5-2-6-15-37)30-42(32-43)38-16-7-3-8-17-38/h2-35H,1H3/q+2. The molecule has 0 fully saturated rings. The van der Waals surface area contributed by atoms with Gasteiger partial charge in [-0.3, -0.25) is 4.98 Å². The van der Waals surface area contributed by atoms with Crippen LogP contribution in [-0.2, 0) is 0 Å². The van der Waals surface area contributed by atoms with E-state index in [0.717, 1.165) is 78.7 Å². The van der Waals surface area contributed by atoms with Gasteiger partial charge < -0.3 is 9.47 Å². The lowest BCUT2D eigenvalue weighted by Crippen LogP contribution is -1.96. The summed E-state index contributed by atoms with van der Waals surface area (Å²) in [5.41, 5.74) is 11.4. The third-order valence-electron chi connectivity index (χ3n) is 9.65. The van der Waals surface area contributed by atoms with Gasteiger partial charge in [-0.15, -0.1) is 0 Å². The number of ether oxygens (including phenoxy) is 2. The normalized spacial score (nSPS) is 11.9. The van der Waals surface area contributed by atoms with Gasteiger partial charge >= 0.3 is 6.01 Å². The van der Waals surface area contributed by atoms with Gasteiger partial charge in [0.15, 0.2) is 7.05 Å². The highest BCUT2D eigenvalue weighted by atomic mass is 16.5. The molecule has 0 N–H and O–H groups in total. The Labute approximate surface area is 326 Å². The van der Waals surface area contributed by atoms with Crippen LogP contribution in [0.15, 0.2) is 207 Å². The van der Waals surface area contributed by atoms with Crippen molar-refractivity contribution in [1.82, 2.24) is 4.98 Å². The van der Waals surface area contributed by atoms with Crippen LogP contribution in [0.5, 0.6) is 23.0 Å². The Kier molecular flexibility index (Phi) is 9.41. The molecular weight excluding hydrogens is 687 g/mol. The summed E-state index contributed by atoms with van der Waals surface area (Å²) in [6.07, 6.45) is 5.82. The molecule has 0 aliphatic carbocycles. The van der Waals surface area contributed by atoms with Gasteiger partial charge in [0.1, 0.15) is 23.0 Å². The maximum Gasteiger partial charge on any atom is 0.495 e. The van der Waals surface area contributed by atoms with E-state index in [4.69, 9.17) is 14.5 Å². The van der Waals surface area contributed by atoms with E-state index in [1.807, 2.05) is 114 Å². The molecule has 1 aliphatic heterocycles. The zero-order valence-electron chi connectivity index (χ0n) is 30.8. The Morgan fingerprint density at radius 2 is 0.946 bits per heavy atom. The van der Waals surface area contributed by atoms with Crippen molar-refractivity contribution in [2.45, 2.75) is 0 Å². The highest BCUT2D eigenvalue weighted by Gasteiger charge is 2.20. The van der Waals surface area contributed by atoms with E-state index >= 15 is 0 Å². The molecule has 0 radical (unpaired) electrons. The predicted molar refractivity (Wildman–Crippen MR) is 225 cm³/mol. The van der Waals surface area contributed by atoms with E-state index in [1.165, 1.54) is 0 Å². The summed E-state index contributed by atoms with van der Waals surface area (Å²) in [5.74, 6) is 2.97. The molecular formula is C51H37N3O2+2. The number of hydrogen-bond donors (Lipinski definition) is 0. The molecule has 9 rings (SSSR count). The minimum atomic E-state index is 0.709. The molecule has 8 aromatic rings. The minimum Gasteiger partial charge on any atom is -0.457 e. The lowest BCUT2D eigenvalue weighted by molar-refractivity contribution is -0.429. The maximum absolute atomic E-state index is 6.52. The van der Waals surface area contributed by atoms with Gasteiger partial charge in [-0.25, -0.2) is 0 Å². The van der Waals surface area contributed by atoms with Gasteiger partial charge in [0.2, 0.25) is 11.9 Å². The number of aromatic nitrogens is 1. The monoisotopic (exact) mass is 723 g/mol. The lowest BCUT2D eigenvalue weighted by Gasteiger charge is -2.18. The summed E-state index contributed by atoms with van der Waals surface area (Å²) in [4.78, 5) is 5.11. The lowest BCUT2D eigenvalue weighted by atomic mass is 9.87. The smallest absolute Gasteiger partial charge is 0.457 e. The van der Waals surface area contributed by atoms with Gasteiger partial charge in [0.25, 0.3) is 6.20 Å². The Hall–Kier alpha value is -7.59. The molecule has 1 aliphatic rings. The zero-order valence-corrected chi connectivity index (χ0v) is 30.8. The number of hydrogen-bond acceptors (Lipinski definition) is 3. The molecule has 0 amide bonds. The molecule has 7 aromatic carbocycles. The van der Waals surface area contributed by atoms with E-state index in [9.17, 15) is 0 Å². The summed E-state index contributed by atoms with van der Waals surface area (Å²) in [5, 5.41) is 0. The molecule has 5 heteroatoms. The van der Waals surface area contributed by atoms with E-state index in [1.54, 1.807) is 0 Å². The molecule has 2 heterocycles. The summed E-state index contributed by atoms with van der Waals surface area (Å²) in [7, 11) is 1.95. The summed E-state index contributed by atoms with van der Waals surface area (Å²) < 4.78 is 16.7. The maximum atomic E-state index is 6.52. The third kappa shape index (κ3) is 7.44. The van der Waals surface area contributed by atoms with Crippen molar-refractivity contribution >= 4 is 11.7 Å². The first-order valence-corrected chi connectivity index (χ1v) is 18.6. The van der Waals surface area contributed by atoms with Crippen molar-refractivity contribution in [3.05, 3.63) is 207 Å². The van der Waals surface area contributed by atoms with Crippen LogP contribution >= 0.6 is 0 Å². The molecule has 0 atom stereocenters. The first-order chi connectivity index (χ1) is 27.6. The second-order valence-electron chi connectivity index (χ2n) is 13.6.